The van der Waals surface area contributed by atoms with Crippen LogP contribution in [0.3, 0.4) is 0 Å². The molecule has 0 aliphatic heterocycles. The predicted octanol–water partition coefficient (Wildman–Crippen LogP) is 2.74. The van der Waals surface area contributed by atoms with E-state index in [9.17, 15) is 0 Å². The van der Waals surface area contributed by atoms with E-state index in [4.69, 9.17) is 4.74 Å². The molecule has 4 nitrogen and oxygen atoms in total. The average molecular weight is 235 g/mol. The first kappa shape index (κ1) is 13.5. The molecular formula is C13H21N3O. The monoisotopic (exact) mass is 235 g/mol. The summed E-state index contributed by atoms with van der Waals surface area (Å²) in [6.45, 7) is 6.02. The minimum atomic E-state index is 0.632. The first-order chi connectivity index (χ1) is 8.31. The number of anilines is 1. The zero-order valence-electron chi connectivity index (χ0n) is 10.9. The van der Waals surface area contributed by atoms with Gasteiger partial charge in [-0.25, -0.2) is 0 Å². The van der Waals surface area contributed by atoms with Gasteiger partial charge in [-0.3, -0.25) is 4.99 Å². The summed E-state index contributed by atoms with van der Waals surface area (Å²) >= 11 is 0. The molecule has 0 spiro atoms. The van der Waals surface area contributed by atoms with Crippen molar-refractivity contribution in [1.29, 1.82) is 0 Å². The minimum Gasteiger partial charge on any atom is -0.481 e. The molecule has 0 amide bonds. The molecule has 1 heterocycles. The van der Waals surface area contributed by atoms with Crippen LogP contribution in [0, 0.1) is 0 Å². The van der Waals surface area contributed by atoms with E-state index in [0.29, 0.717) is 5.88 Å². The van der Waals surface area contributed by atoms with Gasteiger partial charge < -0.3 is 9.64 Å². The molecule has 1 aromatic heterocycles. The van der Waals surface area contributed by atoms with Crippen molar-refractivity contribution in [2.24, 2.45) is 4.99 Å². The summed E-state index contributed by atoms with van der Waals surface area (Å²) in [7, 11) is 1.63. The fourth-order valence-corrected chi connectivity index (χ4v) is 1.44. The quantitative estimate of drug-likeness (QED) is 0.538. The molecule has 0 saturated carbocycles. The van der Waals surface area contributed by atoms with Crippen LogP contribution in [0.4, 0.5) is 5.82 Å². The van der Waals surface area contributed by atoms with Crippen LogP contribution in [0.15, 0.2) is 23.2 Å². The van der Waals surface area contributed by atoms with Crippen molar-refractivity contribution in [3.63, 3.8) is 0 Å². The Labute approximate surface area is 103 Å². The molecule has 0 aromatic carbocycles. The Balaban J connectivity index is 2.80. The number of pyridine rings is 1. The normalized spacial score (nSPS) is 10.8. The average Bonchev–Trinajstić information content (AvgIpc) is 2.38. The molecule has 0 saturated heterocycles. The number of ether oxygens (including phenoxy) is 1. The third kappa shape index (κ3) is 4.43. The van der Waals surface area contributed by atoms with E-state index >= 15 is 0 Å². The zero-order chi connectivity index (χ0) is 12.5. The molecule has 0 radical (unpaired) electrons. The van der Waals surface area contributed by atoms with Gasteiger partial charge in [-0.2, -0.15) is 4.98 Å². The van der Waals surface area contributed by atoms with Crippen LogP contribution in [-0.4, -0.2) is 31.5 Å². The van der Waals surface area contributed by atoms with Crippen LogP contribution in [0.25, 0.3) is 0 Å². The molecule has 0 aliphatic rings. The van der Waals surface area contributed by atoms with Crippen LogP contribution >= 0.6 is 0 Å². The highest BCUT2D eigenvalue weighted by Gasteiger charge is 2.05. The molecule has 0 bridgehead atoms. The predicted molar refractivity (Wildman–Crippen MR) is 72.1 cm³/mol. The van der Waals surface area contributed by atoms with Gasteiger partial charge in [-0.1, -0.05) is 19.9 Å². The summed E-state index contributed by atoms with van der Waals surface area (Å²) in [6, 6.07) is 5.75. The van der Waals surface area contributed by atoms with Gasteiger partial charge in [0.1, 0.15) is 5.82 Å². The maximum absolute atomic E-state index is 5.13. The highest BCUT2D eigenvalue weighted by molar-refractivity contribution is 5.77. The largest absolute Gasteiger partial charge is 0.481 e. The van der Waals surface area contributed by atoms with Crippen molar-refractivity contribution in [3.8, 4) is 5.88 Å². The standard InChI is InChI=1S/C13H21N3O/c1-4-9-14-11-16(10-5-2)12-7-6-8-13(15-12)17-3/h6-8,11H,4-5,9-10H2,1-3H3. The number of aromatic nitrogens is 1. The highest BCUT2D eigenvalue weighted by Crippen LogP contribution is 2.14. The Hall–Kier alpha value is -1.58. The van der Waals surface area contributed by atoms with Gasteiger partial charge >= 0.3 is 0 Å². The zero-order valence-corrected chi connectivity index (χ0v) is 10.9. The van der Waals surface area contributed by atoms with Crippen molar-refractivity contribution in [1.82, 2.24) is 4.98 Å². The van der Waals surface area contributed by atoms with E-state index in [2.05, 4.69) is 28.7 Å². The van der Waals surface area contributed by atoms with Gasteiger partial charge in [0.25, 0.3) is 0 Å². The molecule has 0 aliphatic carbocycles. The fourth-order valence-electron chi connectivity index (χ4n) is 1.44. The summed E-state index contributed by atoms with van der Waals surface area (Å²) in [5.41, 5.74) is 0. The highest BCUT2D eigenvalue weighted by atomic mass is 16.5. The lowest BCUT2D eigenvalue weighted by Crippen LogP contribution is -2.23. The first-order valence-corrected chi connectivity index (χ1v) is 6.09. The summed E-state index contributed by atoms with van der Waals surface area (Å²) in [6.07, 6.45) is 3.98. The van der Waals surface area contributed by atoms with Crippen molar-refractivity contribution < 1.29 is 4.74 Å². The molecule has 0 unspecified atom stereocenters. The molecule has 17 heavy (non-hydrogen) atoms. The van der Waals surface area contributed by atoms with Gasteiger partial charge in [0.15, 0.2) is 0 Å². The summed E-state index contributed by atoms with van der Waals surface area (Å²) in [4.78, 5) is 10.8. The van der Waals surface area contributed by atoms with E-state index in [1.165, 1.54) is 0 Å². The Morgan fingerprint density at radius 3 is 2.82 bits per heavy atom. The molecule has 0 N–H and O–H groups in total. The van der Waals surface area contributed by atoms with Gasteiger partial charge in [-0.15, -0.1) is 0 Å². The van der Waals surface area contributed by atoms with Crippen LogP contribution < -0.4 is 9.64 Å². The molecule has 0 fully saturated rings. The molecule has 4 heteroatoms. The molecule has 94 valence electrons. The molecule has 1 aromatic rings. The van der Waals surface area contributed by atoms with E-state index in [0.717, 1.165) is 31.7 Å². The van der Waals surface area contributed by atoms with Gasteiger partial charge in [0, 0.05) is 19.2 Å². The van der Waals surface area contributed by atoms with Gasteiger partial charge in [0.05, 0.1) is 13.4 Å². The van der Waals surface area contributed by atoms with Crippen LogP contribution in [0.5, 0.6) is 5.88 Å². The second-order valence-corrected chi connectivity index (χ2v) is 3.75. The fraction of sp³-hybridized carbons (Fsp3) is 0.538. The maximum Gasteiger partial charge on any atom is 0.214 e. The van der Waals surface area contributed by atoms with Crippen LogP contribution in [0.2, 0.25) is 0 Å². The number of methoxy groups -OCH3 is 1. The topological polar surface area (TPSA) is 37.7 Å². The second kappa shape index (κ2) is 7.65. The van der Waals surface area contributed by atoms with E-state index < -0.39 is 0 Å². The van der Waals surface area contributed by atoms with E-state index in [1.54, 1.807) is 7.11 Å². The number of hydrogen-bond acceptors (Lipinski definition) is 3. The Kier molecular flexibility index (Phi) is 6.07. The van der Waals surface area contributed by atoms with E-state index in [1.807, 2.05) is 24.5 Å². The summed E-state index contributed by atoms with van der Waals surface area (Å²) in [5.74, 6) is 1.51. The van der Waals surface area contributed by atoms with Crippen molar-refractivity contribution in [2.45, 2.75) is 26.7 Å². The van der Waals surface area contributed by atoms with Crippen molar-refractivity contribution in [2.75, 3.05) is 25.1 Å². The number of hydrogen-bond donors (Lipinski definition) is 0. The third-order valence-electron chi connectivity index (χ3n) is 2.25. The van der Waals surface area contributed by atoms with Crippen molar-refractivity contribution >= 4 is 12.2 Å². The lowest BCUT2D eigenvalue weighted by molar-refractivity contribution is 0.398. The molecule has 0 atom stereocenters. The van der Waals surface area contributed by atoms with Crippen LogP contribution in [0.1, 0.15) is 26.7 Å². The van der Waals surface area contributed by atoms with E-state index in [-0.39, 0.29) is 0 Å². The number of aliphatic imine (C=N–C) groups is 1. The molecule has 1 rings (SSSR count). The summed E-state index contributed by atoms with van der Waals surface area (Å²) in [5, 5.41) is 0. The third-order valence-corrected chi connectivity index (χ3v) is 2.25. The molecular weight excluding hydrogens is 214 g/mol. The smallest absolute Gasteiger partial charge is 0.214 e. The number of nitrogens with zero attached hydrogens (tertiary/aromatic N) is 3. The van der Waals surface area contributed by atoms with Crippen LogP contribution in [-0.2, 0) is 0 Å². The van der Waals surface area contributed by atoms with Gasteiger partial charge in [0.2, 0.25) is 5.88 Å². The minimum absolute atomic E-state index is 0.632. The second-order valence-electron chi connectivity index (χ2n) is 3.75. The maximum atomic E-state index is 5.13. The Morgan fingerprint density at radius 2 is 2.18 bits per heavy atom. The number of rotatable bonds is 7. The summed E-state index contributed by atoms with van der Waals surface area (Å²) < 4.78 is 5.13. The lowest BCUT2D eigenvalue weighted by atomic mass is 10.4. The SMILES string of the molecule is CCCN=CN(CCC)c1cccc(OC)n1. The van der Waals surface area contributed by atoms with Gasteiger partial charge in [-0.05, 0) is 18.9 Å². The van der Waals surface area contributed by atoms with Crippen molar-refractivity contribution in [3.05, 3.63) is 18.2 Å². The first-order valence-electron chi connectivity index (χ1n) is 6.09. The Bertz CT molecular complexity index is 352. The Morgan fingerprint density at radius 1 is 1.35 bits per heavy atom. The lowest BCUT2D eigenvalue weighted by Gasteiger charge is -2.18.